The van der Waals surface area contributed by atoms with E-state index in [9.17, 15) is 4.79 Å². The Hall–Kier alpha value is -4.17. The maximum Gasteiger partial charge on any atom is 0.227 e. The largest absolute Gasteiger partial charge is 0.493 e. The molecule has 1 aliphatic rings. The van der Waals surface area contributed by atoms with Crippen LogP contribution in [0.2, 0.25) is 0 Å². The average molecular weight is 517 g/mol. The van der Waals surface area contributed by atoms with Crippen molar-refractivity contribution in [1.82, 2.24) is 4.98 Å². The van der Waals surface area contributed by atoms with Crippen molar-refractivity contribution in [2.45, 2.75) is 19.4 Å². The summed E-state index contributed by atoms with van der Waals surface area (Å²) in [5.41, 5.74) is 2.05. The molecule has 0 N–H and O–H groups in total. The van der Waals surface area contributed by atoms with Crippen LogP contribution in [0.4, 0.5) is 10.1 Å². The highest BCUT2D eigenvalue weighted by atomic mass is 19.1. The summed E-state index contributed by atoms with van der Waals surface area (Å²) in [6.45, 7) is 2.92. The molecule has 4 aromatic rings. The van der Waals surface area contributed by atoms with Crippen LogP contribution in [0.5, 0.6) is 23.0 Å². The van der Waals surface area contributed by atoms with Crippen molar-refractivity contribution in [1.29, 1.82) is 0 Å². The van der Waals surface area contributed by atoms with Crippen LogP contribution in [0.15, 0.2) is 72.9 Å². The maximum atomic E-state index is 15.3. The molecule has 196 valence electrons. The second kappa shape index (κ2) is 11.1. The first-order valence-electron chi connectivity index (χ1n) is 12.5. The quantitative estimate of drug-likeness (QED) is 0.260. The molecule has 3 aromatic carbocycles. The number of benzene rings is 3. The van der Waals surface area contributed by atoms with Gasteiger partial charge < -0.3 is 23.8 Å². The van der Waals surface area contributed by atoms with E-state index >= 15 is 4.39 Å². The van der Waals surface area contributed by atoms with Crippen LogP contribution < -0.4 is 19.1 Å². The lowest BCUT2D eigenvalue weighted by Crippen LogP contribution is -2.26. The smallest absolute Gasteiger partial charge is 0.227 e. The summed E-state index contributed by atoms with van der Waals surface area (Å²) in [6, 6.07) is 19.7. The van der Waals surface area contributed by atoms with Gasteiger partial charge in [-0.15, -0.1) is 0 Å². The fourth-order valence-electron chi connectivity index (χ4n) is 4.97. The topological polar surface area (TPSA) is 70.1 Å². The van der Waals surface area contributed by atoms with Crippen molar-refractivity contribution in [2.24, 2.45) is 5.92 Å². The molecule has 0 saturated carbocycles. The number of halogens is 1. The van der Waals surface area contributed by atoms with E-state index in [1.165, 1.54) is 19.2 Å². The molecule has 7 nitrogen and oxygen atoms in total. The Bertz CT molecular complexity index is 1450. The third-order valence-electron chi connectivity index (χ3n) is 6.72. The molecule has 1 aliphatic heterocycles. The number of anilines is 1. The van der Waals surface area contributed by atoms with Crippen molar-refractivity contribution in [3.05, 3.63) is 84.3 Å². The van der Waals surface area contributed by atoms with E-state index in [0.717, 1.165) is 5.56 Å². The van der Waals surface area contributed by atoms with Gasteiger partial charge in [0, 0.05) is 48.8 Å². The van der Waals surface area contributed by atoms with E-state index in [0.29, 0.717) is 53.4 Å². The van der Waals surface area contributed by atoms with Crippen molar-refractivity contribution >= 4 is 22.5 Å². The fourth-order valence-corrected chi connectivity index (χ4v) is 4.97. The van der Waals surface area contributed by atoms with E-state index < -0.39 is 5.82 Å². The van der Waals surface area contributed by atoms with Crippen LogP contribution in [0.3, 0.4) is 0 Å². The standard InChI is InChI=1S/C30H29FN2O5/c1-4-37-29(19-8-6-5-7-9-19)20-16-27(34)33(18-20)21-10-12-25(23(31)17-21)38-24-14-15-32-28-22(24)11-13-26(35-2)30(28)36-3/h5-15,17,20,29H,4,16,18H2,1-3H3. The summed E-state index contributed by atoms with van der Waals surface area (Å²) < 4.78 is 38.1. The maximum absolute atomic E-state index is 15.3. The molecule has 2 unspecified atom stereocenters. The minimum absolute atomic E-state index is 0.0377. The molecule has 2 heterocycles. The molecule has 1 amide bonds. The summed E-state index contributed by atoms with van der Waals surface area (Å²) in [5.74, 6) is 0.775. The summed E-state index contributed by atoms with van der Waals surface area (Å²) in [4.78, 5) is 19.0. The van der Waals surface area contributed by atoms with Gasteiger partial charge in [-0.2, -0.15) is 0 Å². The van der Waals surface area contributed by atoms with Crippen LogP contribution in [0.25, 0.3) is 10.9 Å². The summed E-state index contributed by atoms with van der Waals surface area (Å²) in [7, 11) is 3.08. The molecule has 2 atom stereocenters. The normalized spacial score (nSPS) is 16.1. The Morgan fingerprint density at radius 1 is 1.00 bits per heavy atom. The molecule has 1 fully saturated rings. The van der Waals surface area contributed by atoms with Gasteiger partial charge in [-0.1, -0.05) is 30.3 Å². The number of carbonyl (C=O) groups is 1. The average Bonchev–Trinajstić information content (AvgIpc) is 3.33. The lowest BCUT2D eigenvalue weighted by molar-refractivity contribution is -0.117. The molecule has 38 heavy (non-hydrogen) atoms. The third kappa shape index (κ3) is 4.87. The Labute approximate surface area is 220 Å². The Morgan fingerprint density at radius 3 is 2.50 bits per heavy atom. The molecule has 0 spiro atoms. The van der Waals surface area contributed by atoms with E-state index in [1.54, 1.807) is 42.5 Å². The Morgan fingerprint density at radius 2 is 1.79 bits per heavy atom. The monoisotopic (exact) mass is 516 g/mol. The predicted octanol–water partition coefficient (Wildman–Crippen LogP) is 6.31. The van der Waals surface area contributed by atoms with Gasteiger partial charge in [0.1, 0.15) is 11.3 Å². The number of aromatic nitrogens is 1. The number of hydrogen-bond donors (Lipinski definition) is 0. The lowest BCUT2D eigenvalue weighted by Gasteiger charge is -2.24. The molecule has 8 heteroatoms. The highest BCUT2D eigenvalue weighted by Gasteiger charge is 2.37. The number of ether oxygens (including phenoxy) is 4. The summed E-state index contributed by atoms with van der Waals surface area (Å²) in [5, 5.41) is 0.647. The van der Waals surface area contributed by atoms with Crippen molar-refractivity contribution < 1.29 is 28.1 Å². The number of methoxy groups -OCH3 is 2. The van der Waals surface area contributed by atoms with Gasteiger partial charge in [0.15, 0.2) is 23.1 Å². The fraction of sp³-hybridized carbons (Fsp3) is 0.267. The van der Waals surface area contributed by atoms with Gasteiger partial charge >= 0.3 is 0 Å². The third-order valence-corrected chi connectivity index (χ3v) is 6.72. The molecule has 0 aliphatic carbocycles. The van der Waals surface area contributed by atoms with Gasteiger partial charge in [-0.25, -0.2) is 4.39 Å². The molecule has 1 aromatic heterocycles. The minimum atomic E-state index is -0.575. The zero-order valence-electron chi connectivity index (χ0n) is 21.5. The van der Waals surface area contributed by atoms with Gasteiger partial charge in [0.05, 0.1) is 20.3 Å². The van der Waals surface area contributed by atoms with E-state index in [-0.39, 0.29) is 23.7 Å². The highest BCUT2D eigenvalue weighted by Crippen LogP contribution is 2.40. The van der Waals surface area contributed by atoms with Crippen LogP contribution in [-0.4, -0.2) is 38.3 Å². The zero-order chi connectivity index (χ0) is 26.6. The molecule has 0 radical (unpaired) electrons. The van der Waals surface area contributed by atoms with Crippen LogP contribution >= 0.6 is 0 Å². The van der Waals surface area contributed by atoms with Gasteiger partial charge in [0.25, 0.3) is 0 Å². The summed E-state index contributed by atoms with van der Waals surface area (Å²) in [6.07, 6.45) is 1.68. The first kappa shape index (κ1) is 25.5. The van der Waals surface area contributed by atoms with Crippen LogP contribution in [0, 0.1) is 11.7 Å². The minimum Gasteiger partial charge on any atom is -0.493 e. The van der Waals surface area contributed by atoms with Gasteiger partial charge in [-0.05, 0) is 42.8 Å². The van der Waals surface area contributed by atoms with Crippen molar-refractivity contribution in [2.75, 3.05) is 32.3 Å². The van der Waals surface area contributed by atoms with E-state index in [2.05, 4.69) is 4.98 Å². The van der Waals surface area contributed by atoms with Crippen LogP contribution in [-0.2, 0) is 9.53 Å². The van der Waals surface area contributed by atoms with E-state index in [4.69, 9.17) is 18.9 Å². The van der Waals surface area contributed by atoms with Crippen LogP contribution in [0.1, 0.15) is 25.0 Å². The number of amides is 1. The highest BCUT2D eigenvalue weighted by molar-refractivity contribution is 5.96. The van der Waals surface area contributed by atoms with Gasteiger partial charge in [0.2, 0.25) is 5.91 Å². The zero-order valence-corrected chi connectivity index (χ0v) is 21.5. The molecule has 5 rings (SSSR count). The molecule has 0 bridgehead atoms. The van der Waals surface area contributed by atoms with E-state index in [1.807, 2.05) is 37.3 Å². The predicted molar refractivity (Wildman–Crippen MR) is 143 cm³/mol. The Balaban J connectivity index is 1.38. The Kier molecular flexibility index (Phi) is 7.42. The number of fused-ring (bicyclic) bond motifs is 1. The molecular weight excluding hydrogens is 487 g/mol. The number of nitrogens with zero attached hydrogens (tertiary/aromatic N) is 2. The molecular formula is C30H29FN2O5. The first-order chi connectivity index (χ1) is 18.5. The van der Waals surface area contributed by atoms with Crippen molar-refractivity contribution in [3.8, 4) is 23.0 Å². The number of pyridine rings is 1. The number of hydrogen-bond acceptors (Lipinski definition) is 6. The number of carbonyl (C=O) groups excluding carboxylic acids is 1. The molecule has 1 saturated heterocycles. The lowest BCUT2D eigenvalue weighted by atomic mass is 9.94. The van der Waals surface area contributed by atoms with Crippen molar-refractivity contribution in [3.63, 3.8) is 0 Å². The summed E-state index contributed by atoms with van der Waals surface area (Å²) >= 11 is 0. The van der Waals surface area contributed by atoms with Gasteiger partial charge in [-0.3, -0.25) is 9.78 Å². The second-order valence-corrected chi connectivity index (χ2v) is 8.98. The second-order valence-electron chi connectivity index (χ2n) is 8.98. The number of rotatable bonds is 9. The SMILES string of the molecule is CCOC(c1ccccc1)C1CC(=O)N(c2ccc(Oc3ccnc4c(OC)c(OC)ccc34)c(F)c2)C1. The first-order valence-corrected chi connectivity index (χ1v) is 12.5.